The van der Waals surface area contributed by atoms with Crippen LogP contribution >= 0.6 is 0 Å². The lowest BCUT2D eigenvalue weighted by atomic mass is 9.89. The second-order valence-corrected chi connectivity index (χ2v) is 9.89. The van der Waals surface area contributed by atoms with Gasteiger partial charge >= 0.3 is 47.9 Å². The number of ether oxygens (including phenoxy) is 1. The van der Waals surface area contributed by atoms with E-state index in [1.165, 1.54) is 24.3 Å². The second-order valence-electron chi connectivity index (χ2n) is 9.89. The van der Waals surface area contributed by atoms with E-state index in [0.717, 1.165) is 12.0 Å². The molecule has 0 amide bonds. The van der Waals surface area contributed by atoms with E-state index in [9.17, 15) is 79.4 Å². The number of nitrogens with zero attached hydrogens (tertiary/aromatic N) is 2. The highest BCUT2D eigenvalue weighted by Crippen LogP contribution is 2.61. The molecule has 4 nitrogen and oxygen atoms in total. The van der Waals surface area contributed by atoms with E-state index in [2.05, 4.69) is 14.7 Å². The predicted octanol–water partition coefficient (Wildman–Crippen LogP) is 8.62. The topological polar surface area (TPSA) is 52.1 Å². The molecular weight excluding hydrogens is 695 g/mol. The molecule has 0 radical (unpaired) electrons. The van der Waals surface area contributed by atoms with Crippen molar-refractivity contribution in [2.24, 2.45) is 0 Å². The molecule has 47 heavy (non-hydrogen) atoms. The van der Waals surface area contributed by atoms with Gasteiger partial charge in [0, 0.05) is 24.4 Å². The lowest BCUT2D eigenvalue weighted by Gasteiger charge is -2.42. The van der Waals surface area contributed by atoms with Gasteiger partial charge in [-0.1, -0.05) is 37.6 Å². The highest BCUT2D eigenvalue weighted by Gasteiger charge is 2.92. The minimum Gasteiger partial charge on any atom is -0.424 e. The van der Waals surface area contributed by atoms with E-state index < -0.39 is 79.5 Å². The van der Waals surface area contributed by atoms with E-state index in [-0.39, 0.29) is 11.4 Å². The van der Waals surface area contributed by atoms with Gasteiger partial charge in [0.25, 0.3) is 6.43 Å². The molecule has 0 aliphatic heterocycles. The number of aryl methyl sites for hydroxylation is 2. The first-order chi connectivity index (χ1) is 21.3. The van der Waals surface area contributed by atoms with Crippen LogP contribution in [0.15, 0.2) is 36.7 Å². The maximum absolute atomic E-state index is 14.0. The standard InChI is InChI=1S/C26H21F17N2O2/c1-2-3-13-10-44-19(45-11-13)14-7-4-12(5-8-14)6-9-15(46)47-20(31)22(34,35)24(38,39)26(42,43)25(40,41)23(36,37)21(32,33)17(28)16(27)18(29)30/h4-5,7-8,10-11,16-18,20H,2-3,6,9H2,1H3. The zero-order chi connectivity index (χ0) is 36.4. The maximum Gasteiger partial charge on any atom is 0.385 e. The fraction of sp³-hybridized carbons (Fsp3) is 0.577. The van der Waals surface area contributed by atoms with Crippen molar-refractivity contribution in [2.75, 3.05) is 0 Å². The number of benzene rings is 1. The SMILES string of the molecule is CCCc1cnc(-c2ccc(CCC(=O)OC(F)C(F)(F)C(F)(F)C(F)(F)C(F)(F)C(F)(F)C(F)(F)C(F)C(F)C(F)F)cc2)nc1. The highest BCUT2D eigenvalue weighted by molar-refractivity contribution is 5.70. The Morgan fingerprint density at radius 1 is 0.681 bits per heavy atom. The molecule has 0 fully saturated rings. The summed E-state index contributed by atoms with van der Waals surface area (Å²) in [5.74, 6) is -50.4. The van der Waals surface area contributed by atoms with E-state index in [4.69, 9.17) is 0 Å². The van der Waals surface area contributed by atoms with Crippen molar-refractivity contribution in [3.05, 3.63) is 47.8 Å². The van der Waals surface area contributed by atoms with E-state index in [1.54, 1.807) is 12.4 Å². The molecule has 21 heteroatoms. The summed E-state index contributed by atoms with van der Waals surface area (Å²) in [5, 5.41) is 0. The Kier molecular flexibility index (Phi) is 11.8. The largest absolute Gasteiger partial charge is 0.424 e. The third kappa shape index (κ3) is 7.36. The Bertz CT molecular complexity index is 1340. The summed E-state index contributed by atoms with van der Waals surface area (Å²) in [6, 6.07) is 5.40. The smallest absolute Gasteiger partial charge is 0.385 e. The normalized spacial score (nSPS) is 15.8. The molecule has 0 N–H and O–H groups in total. The summed E-state index contributed by atoms with van der Waals surface area (Å²) in [7, 11) is 0. The second kappa shape index (κ2) is 14.0. The van der Waals surface area contributed by atoms with Crippen LogP contribution < -0.4 is 0 Å². The number of carbonyl (C=O) groups is 1. The van der Waals surface area contributed by atoms with Gasteiger partial charge in [-0.2, -0.15) is 57.1 Å². The molecule has 0 spiro atoms. The van der Waals surface area contributed by atoms with Gasteiger partial charge in [-0.3, -0.25) is 4.79 Å². The first kappa shape index (κ1) is 39.8. The molecule has 3 atom stereocenters. The number of hydrogen-bond donors (Lipinski definition) is 0. The first-order valence-electron chi connectivity index (χ1n) is 12.9. The maximum atomic E-state index is 14.0. The number of rotatable bonds is 16. The number of aromatic nitrogens is 2. The van der Waals surface area contributed by atoms with E-state index >= 15 is 0 Å². The van der Waals surface area contributed by atoms with Crippen LogP contribution in [0.2, 0.25) is 0 Å². The van der Waals surface area contributed by atoms with Gasteiger partial charge < -0.3 is 4.74 Å². The Morgan fingerprint density at radius 2 is 1.15 bits per heavy atom. The summed E-state index contributed by atoms with van der Waals surface area (Å²) in [5.41, 5.74) is 1.45. The lowest BCUT2D eigenvalue weighted by Crippen LogP contribution is -2.73. The van der Waals surface area contributed by atoms with Crippen LogP contribution in [0.1, 0.15) is 30.9 Å². The minimum atomic E-state index is -8.51. The molecule has 3 unspecified atom stereocenters. The average molecular weight is 716 g/mol. The molecule has 1 aromatic carbocycles. The molecule has 266 valence electrons. The zero-order valence-corrected chi connectivity index (χ0v) is 23.2. The molecule has 1 heterocycles. The van der Waals surface area contributed by atoms with Crippen molar-refractivity contribution in [3.63, 3.8) is 0 Å². The minimum absolute atomic E-state index is 0.170. The van der Waals surface area contributed by atoms with Crippen molar-refractivity contribution in [1.29, 1.82) is 0 Å². The average Bonchev–Trinajstić information content (AvgIpc) is 2.99. The fourth-order valence-corrected chi connectivity index (χ4v) is 3.69. The van der Waals surface area contributed by atoms with Gasteiger partial charge in [-0.25, -0.2) is 27.5 Å². The van der Waals surface area contributed by atoms with E-state index in [0.29, 0.717) is 12.0 Å². The number of hydrogen-bond acceptors (Lipinski definition) is 4. The molecule has 0 saturated carbocycles. The van der Waals surface area contributed by atoms with Crippen LogP contribution in [0.3, 0.4) is 0 Å². The van der Waals surface area contributed by atoms with Crippen molar-refractivity contribution in [2.45, 2.75) is 93.3 Å². The van der Waals surface area contributed by atoms with Gasteiger partial charge in [0.15, 0.2) is 12.0 Å². The Hall–Kier alpha value is -3.42. The summed E-state index contributed by atoms with van der Waals surface area (Å²) in [6.45, 7) is 1.92. The van der Waals surface area contributed by atoms with Crippen LogP contribution in [0.5, 0.6) is 0 Å². The number of alkyl halides is 17. The Morgan fingerprint density at radius 3 is 1.60 bits per heavy atom. The van der Waals surface area contributed by atoms with Crippen molar-refractivity contribution in [1.82, 2.24) is 9.97 Å². The highest BCUT2D eigenvalue weighted by atomic mass is 19.4. The molecule has 0 aliphatic carbocycles. The summed E-state index contributed by atoms with van der Waals surface area (Å²) in [6.07, 6.45) is -18.2. The summed E-state index contributed by atoms with van der Waals surface area (Å²) < 4.78 is 233. The Balaban J connectivity index is 2.18. The first-order valence-corrected chi connectivity index (χ1v) is 12.9. The molecule has 2 rings (SSSR count). The molecular formula is C26H21F17N2O2. The van der Waals surface area contributed by atoms with Crippen LogP contribution in [0.25, 0.3) is 11.4 Å². The summed E-state index contributed by atoms with van der Waals surface area (Å²) in [4.78, 5) is 20.0. The third-order valence-corrected chi connectivity index (χ3v) is 6.48. The Labute approximate surface area is 253 Å². The van der Waals surface area contributed by atoms with Crippen LogP contribution in [-0.2, 0) is 22.4 Å². The van der Waals surface area contributed by atoms with Crippen molar-refractivity contribution >= 4 is 5.97 Å². The number of carbonyl (C=O) groups excluding carboxylic acids is 1. The molecule has 0 bridgehead atoms. The fourth-order valence-electron chi connectivity index (χ4n) is 3.69. The summed E-state index contributed by atoms with van der Waals surface area (Å²) >= 11 is 0. The van der Waals surface area contributed by atoms with Gasteiger partial charge in [0.2, 0.25) is 6.17 Å². The van der Waals surface area contributed by atoms with Gasteiger partial charge in [-0.05, 0) is 24.0 Å². The van der Waals surface area contributed by atoms with Gasteiger partial charge in [0.1, 0.15) is 0 Å². The third-order valence-electron chi connectivity index (χ3n) is 6.48. The van der Waals surface area contributed by atoms with Crippen LogP contribution in [-0.4, -0.2) is 76.6 Å². The van der Waals surface area contributed by atoms with Gasteiger partial charge in [-0.15, -0.1) is 0 Å². The zero-order valence-electron chi connectivity index (χ0n) is 23.2. The van der Waals surface area contributed by atoms with Crippen molar-refractivity contribution < 1.29 is 84.2 Å². The number of esters is 1. The van der Waals surface area contributed by atoms with Crippen LogP contribution in [0.4, 0.5) is 74.6 Å². The molecule has 2 aromatic rings. The molecule has 0 saturated heterocycles. The quantitative estimate of drug-likeness (QED) is 0.129. The number of halogens is 17. The van der Waals surface area contributed by atoms with Crippen LogP contribution in [0, 0.1) is 0 Å². The lowest BCUT2D eigenvalue weighted by molar-refractivity contribution is -0.439. The van der Waals surface area contributed by atoms with Crippen molar-refractivity contribution in [3.8, 4) is 11.4 Å². The predicted molar refractivity (Wildman–Crippen MR) is 126 cm³/mol. The van der Waals surface area contributed by atoms with Gasteiger partial charge in [0.05, 0.1) is 0 Å². The molecule has 1 aromatic heterocycles. The monoisotopic (exact) mass is 716 g/mol. The molecule has 0 aliphatic rings. The van der Waals surface area contributed by atoms with E-state index in [1.807, 2.05) is 6.92 Å².